The summed E-state index contributed by atoms with van der Waals surface area (Å²) < 4.78 is 13.4. The molecule has 0 fully saturated rings. The smallest absolute Gasteiger partial charge is 0.252 e. The number of amides is 1. The molecule has 1 aromatic carbocycles. The van der Waals surface area contributed by atoms with Crippen molar-refractivity contribution in [1.29, 1.82) is 0 Å². The number of benzene rings is 1. The fourth-order valence-corrected chi connectivity index (χ4v) is 2.23. The molecule has 0 aliphatic carbocycles. The van der Waals surface area contributed by atoms with E-state index in [1.165, 1.54) is 18.3 Å². The van der Waals surface area contributed by atoms with Gasteiger partial charge in [-0.05, 0) is 43.9 Å². The molecule has 2 aromatic rings. The zero-order valence-corrected chi connectivity index (χ0v) is 13.1. The van der Waals surface area contributed by atoms with Gasteiger partial charge in [0, 0.05) is 12.7 Å². The summed E-state index contributed by atoms with van der Waals surface area (Å²) in [4.78, 5) is 17.9. The van der Waals surface area contributed by atoms with E-state index in [1.807, 2.05) is 25.1 Å². The monoisotopic (exact) mass is 321 g/mol. The summed E-state index contributed by atoms with van der Waals surface area (Å²) in [6.07, 6.45) is 1.42. The third-order valence-corrected chi connectivity index (χ3v) is 3.53. The molecule has 0 aliphatic rings. The molecule has 1 N–H and O–H groups in total. The minimum Gasteiger partial charge on any atom is -0.350 e. The summed E-state index contributed by atoms with van der Waals surface area (Å²) in [7, 11) is 3.76. The molecular weight excluding hydrogens is 305 g/mol. The van der Waals surface area contributed by atoms with Gasteiger partial charge in [-0.25, -0.2) is 9.37 Å². The Morgan fingerprint density at radius 3 is 2.73 bits per heavy atom. The van der Waals surface area contributed by atoms with Crippen molar-refractivity contribution in [2.75, 3.05) is 20.6 Å². The van der Waals surface area contributed by atoms with Crippen molar-refractivity contribution in [3.63, 3.8) is 0 Å². The van der Waals surface area contributed by atoms with E-state index >= 15 is 0 Å². The van der Waals surface area contributed by atoms with Crippen LogP contribution in [0.5, 0.6) is 0 Å². The highest BCUT2D eigenvalue weighted by molar-refractivity contribution is 6.29. The van der Waals surface area contributed by atoms with Crippen LogP contribution in [0.3, 0.4) is 0 Å². The quantitative estimate of drug-likeness (QED) is 0.861. The second kappa shape index (κ2) is 7.33. The fraction of sp³-hybridized carbons (Fsp3) is 0.250. The maximum atomic E-state index is 13.4. The Morgan fingerprint density at radius 2 is 2.14 bits per heavy atom. The molecule has 0 radical (unpaired) electrons. The lowest BCUT2D eigenvalue weighted by Gasteiger charge is -2.25. The van der Waals surface area contributed by atoms with Gasteiger partial charge >= 0.3 is 0 Å². The minimum absolute atomic E-state index is 0.125. The van der Waals surface area contributed by atoms with Gasteiger partial charge in [0.25, 0.3) is 5.91 Å². The van der Waals surface area contributed by atoms with Crippen molar-refractivity contribution in [2.24, 2.45) is 0 Å². The number of hydrogen-bond acceptors (Lipinski definition) is 3. The van der Waals surface area contributed by atoms with E-state index in [4.69, 9.17) is 11.6 Å². The molecular formula is C16H17ClFN3O. The number of carbonyl (C=O) groups excluding carboxylic acids is 1. The van der Waals surface area contributed by atoms with E-state index in [0.717, 1.165) is 5.56 Å². The topological polar surface area (TPSA) is 45.2 Å². The Bertz CT molecular complexity index is 646. The molecule has 1 unspecified atom stereocenters. The molecule has 0 saturated heterocycles. The van der Waals surface area contributed by atoms with Crippen LogP contribution in [0.4, 0.5) is 4.39 Å². The van der Waals surface area contributed by atoms with Crippen LogP contribution in [0.2, 0.25) is 5.15 Å². The molecule has 4 nitrogen and oxygen atoms in total. The van der Waals surface area contributed by atoms with Crippen LogP contribution in [0.15, 0.2) is 42.6 Å². The first kappa shape index (κ1) is 16.4. The summed E-state index contributed by atoms with van der Waals surface area (Å²) in [6.45, 7) is 0.359. The van der Waals surface area contributed by atoms with E-state index < -0.39 is 0 Å². The predicted molar refractivity (Wildman–Crippen MR) is 84.4 cm³/mol. The van der Waals surface area contributed by atoms with E-state index in [1.54, 1.807) is 18.2 Å². The number of pyridine rings is 1. The maximum absolute atomic E-state index is 13.4. The molecule has 0 saturated carbocycles. The van der Waals surface area contributed by atoms with E-state index in [-0.39, 0.29) is 17.8 Å². The summed E-state index contributed by atoms with van der Waals surface area (Å²) in [5.74, 6) is -0.537. The number of aromatic nitrogens is 1. The van der Waals surface area contributed by atoms with Crippen LogP contribution in [0.25, 0.3) is 0 Å². The van der Waals surface area contributed by atoms with Crippen molar-refractivity contribution < 1.29 is 9.18 Å². The SMILES string of the molecule is CN(C)C(CNC(=O)c1ccc(Cl)nc1)c1cccc(F)c1. The summed E-state index contributed by atoms with van der Waals surface area (Å²) in [5.41, 5.74) is 1.24. The van der Waals surface area contributed by atoms with Crippen molar-refractivity contribution in [2.45, 2.75) is 6.04 Å². The highest BCUT2D eigenvalue weighted by Crippen LogP contribution is 2.18. The van der Waals surface area contributed by atoms with Crippen LogP contribution >= 0.6 is 11.6 Å². The third kappa shape index (κ3) is 4.26. The fourth-order valence-electron chi connectivity index (χ4n) is 2.11. The maximum Gasteiger partial charge on any atom is 0.252 e. The van der Waals surface area contributed by atoms with Crippen LogP contribution < -0.4 is 5.32 Å². The van der Waals surface area contributed by atoms with Crippen molar-refractivity contribution >= 4 is 17.5 Å². The van der Waals surface area contributed by atoms with E-state index in [9.17, 15) is 9.18 Å². The second-order valence-corrected chi connectivity index (χ2v) is 5.50. The first-order valence-corrected chi connectivity index (χ1v) is 7.17. The third-order valence-electron chi connectivity index (χ3n) is 3.30. The zero-order chi connectivity index (χ0) is 16.1. The van der Waals surface area contributed by atoms with Gasteiger partial charge in [0.1, 0.15) is 11.0 Å². The normalized spacial score (nSPS) is 12.2. The number of halogens is 2. The first-order valence-electron chi connectivity index (χ1n) is 6.79. The van der Waals surface area contributed by atoms with Gasteiger partial charge in [0.2, 0.25) is 0 Å². The minimum atomic E-state index is -0.294. The van der Waals surface area contributed by atoms with Gasteiger partial charge in [-0.15, -0.1) is 0 Å². The van der Waals surface area contributed by atoms with E-state index in [0.29, 0.717) is 17.3 Å². The molecule has 22 heavy (non-hydrogen) atoms. The van der Waals surface area contributed by atoms with Crippen molar-refractivity contribution in [1.82, 2.24) is 15.2 Å². The van der Waals surface area contributed by atoms with E-state index in [2.05, 4.69) is 10.3 Å². The molecule has 0 bridgehead atoms. The predicted octanol–water partition coefficient (Wildman–Crippen LogP) is 2.91. The summed E-state index contributed by atoms with van der Waals surface area (Å²) >= 11 is 5.70. The summed E-state index contributed by atoms with van der Waals surface area (Å²) in [5, 5.41) is 3.17. The summed E-state index contributed by atoms with van der Waals surface area (Å²) in [6, 6.07) is 9.41. The van der Waals surface area contributed by atoms with Gasteiger partial charge < -0.3 is 10.2 Å². The number of hydrogen-bond donors (Lipinski definition) is 1. The van der Waals surface area contributed by atoms with Crippen molar-refractivity contribution in [3.8, 4) is 0 Å². The number of nitrogens with one attached hydrogen (secondary N) is 1. The number of carbonyl (C=O) groups is 1. The van der Waals surface area contributed by atoms with Crippen LogP contribution in [0, 0.1) is 5.82 Å². The molecule has 6 heteroatoms. The molecule has 1 aromatic heterocycles. The average molecular weight is 322 g/mol. The average Bonchev–Trinajstić information content (AvgIpc) is 2.47. The number of nitrogens with zero attached hydrogens (tertiary/aromatic N) is 2. The lowest BCUT2D eigenvalue weighted by atomic mass is 10.1. The Morgan fingerprint density at radius 1 is 1.36 bits per heavy atom. The second-order valence-electron chi connectivity index (χ2n) is 5.11. The Hall–Kier alpha value is -1.98. The molecule has 1 heterocycles. The van der Waals surface area contributed by atoms with Gasteiger partial charge in [0.15, 0.2) is 0 Å². The van der Waals surface area contributed by atoms with Crippen molar-refractivity contribution in [3.05, 3.63) is 64.7 Å². The molecule has 2 rings (SSSR count). The first-order chi connectivity index (χ1) is 10.5. The molecule has 0 aliphatic heterocycles. The molecule has 1 atom stereocenters. The number of likely N-dealkylation sites (N-methyl/N-ethyl adjacent to an activating group) is 1. The molecule has 116 valence electrons. The van der Waals surface area contributed by atoms with Gasteiger partial charge in [-0.1, -0.05) is 23.7 Å². The molecule has 1 amide bonds. The van der Waals surface area contributed by atoms with Crippen LogP contribution in [-0.2, 0) is 0 Å². The van der Waals surface area contributed by atoms with Gasteiger partial charge in [-0.3, -0.25) is 4.79 Å². The highest BCUT2D eigenvalue weighted by atomic mass is 35.5. The Balaban J connectivity index is 2.06. The lowest BCUT2D eigenvalue weighted by molar-refractivity contribution is 0.0941. The van der Waals surface area contributed by atoms with Crippen LogP contribution in [-0.4, -0.2) is 36.4 Å². The lowest BCUT2D eigenvalue weighted by Crippen LogP contribution is -2.34. The van der Waals surface area contributed by atoms with Gasteiger partial charge in [0.05, 0.1) is 11.6 Å². The standard InChI is InChI=1S/C16H17ClFN3O/c1-21(2)14(11-4-3-5-13(18)8-11)10-20-16(22)12-6-7-15(17)19-9-12/h3-9,14H,10H2,1-2H3,(H,20,22). The zero-order valence-electron chi connectivity index (χ0n) is 12.4. The Labute approximate surface area is 133 Å². The number of rotatable bonds is 5. The van der Waals surface area contributed by atoms with Crippen LogP contribution in [0.1, 0.15) is 22.0 Å². The van der Waals surface area contributed by atoms with Gasteiger partial charge in [-0.2, -0.15) is 0 Å². The highest BCUT2D eigenvalue weighted by Gasteiger charge is 2.16. The Kier molecular flexibility index (Phi) is 5.46. The largest absolute Gasteiger partial charge is 0.350 e. The molecule has 0 spiro atoms.